The molecule has 26 heavy (non-hydrogen) atoms. The van der Waals surface area contributed by atoms with Gasteiger partial charge in [-0.15, -0.1) is 0 Å². The van der Waals surface area contributed by atoms with E-state index in [1.165, 1.54) is 0 Å². The van der Waals surface area contributed by atoms with Crippen LogP contribution in [0.1, 0.15) is 31.4 Å². The van der Waals surface area contributed by atoms with E-state index in [1.54, 1.807) is 7.11 Å². The van der Waals surface area contributed by atoms with Crippen molar-refractivity contribution in [3.63, 3.8) is 0 Å². The van der Waals surface area contributed by atoms with E-state index in [0.29, 0.717) is 18.1 Å². The maximum Gasteiger partial charge on any atom is 0.261 e. The van der Waals surface area contributed by atoms with Crippen LogP contribution in [-0.4, -0.2) is 37.7 Å². The number of likely N-dealkylation sites (tertiary alicyclic amines) is 1. The highest BCUT2D eigenvalue weighted by molar-refractivity contribution is 5.78. The van der Waals surface area contributed by atoms with Gasteiger partial charge in [0.1, 0.15) is 5.75 Å². The van der Waals surface area contributed by atoms with Crippen LogP contribution in [-0.2, 0) is 4.79 Å². The molecule has 0 N–H and O–H groups in total. The fourth-order valence-electron chi connectivity index (χ4n) is 3.33. The predicted molar refractivity (Wildman–Crippen MR) is 99.8 cm³/mol. The summed E-state index contributed by atoms with van der Waals surface area (Å²) >= 11 is 0. The van der Waals surface area contributed by atoms with Crippen molar-refractivity contribution in [2.45, 2.75) is 25.8 Å². The lowest BCUT2D eigenvalue weighted by Crippen LogP contribution is -2.34. The van der Waals surface area contributed by atoms with Crippen LogP contribution in [0.25, 0.3) is 0 Å². The van der Waals surface area contributed by atoms with Crippen molar-refractivity contribution in [2.75, 3.05) is 26.9 Å². The van der Waals surface area contributed by atoms with Gasteiger partial charge in [-0.05, 0) is 49.6 Å². The fraction of sp³-hybridized carbons (Fsp3) is 0.381. The van der Waals surface area contributed by atoms with Gasteiger partial charge in [-0.1, -0.05) is 24.3 Å². The molecule has 0 spiro atoms. The Morgan fingerprint density at radius 3 is 2.62 bits per heavy atom. The minimum atomic E-state index is -0.0124. The first-order valence-corrected chi connectivity index (χ1v) is 9.01. The highest BCUT2D eigenvalue weighted by Gasteiger charge is 2.30. The van der Waals surface area contributed by atoms with Gasteiger partial charge in [0.15, 0.2) is 18.1 Å². The van der Waals surface area contributed by atoms with E-state index in [4.69, 9.17) is 14.2 Å². The van der Waals surface area contributed by atoms with E-state index in [-0.39, 0.29) is 18.6 Å². The van der Waals surface area contributed by atoms with E-state index in [2.05, 4.69) is 0 Å². The molecular weight excluding hydrogens is 330 g/mol. The number of carbonyl (C=O) groups is 1. The van der Waals surface area contributed by atoms with Gasteiger partial charge in [0, 0.05) is 6.54 Å². The van der Waals surface area contributed by atoms with Crippen molar-refractivity contribution in [3.05, 3.63) is 54.1 Å². The molecule has 1 aliphatic heterocycles. The number of para-hydroxylation sites is 2. The number of carbonyl (C=O) groups excluding carboxylic acids is 1. The SMILES string of the molecule is CCOc1ccccc1OCC(=O)N1CCCC1c1cccc(OC)c1. The fourth-order valence-corrected chi connectivity index (χ4v) is 3.33. The van der Waals surface area contributed by atoms with E-state index < -0.39 is 0 Å². The lowest BCUT2D eigenvalue weighted by molar-refractivity contribution is -0.134. The van der Waals surface area contributed by atoms with Crippen LogP contribution < -0.4 is 14.2 Å². The van der Waals surface area contributed by atoms with Gasteiger partial charge < -0.3 is 19.1 Å². The molecule has 5 nitrogen and oxygen atoms in total. The van der Waals surface area contributed by atoms with Gasteiger partial charge in [-0.3, -0.25) is 4.79 Å². The normalized spacial score (nSPS) is 16.4. The van der Waals surface area contributed by atoms with Gasteiger partial charge in [-0.2, -0.15) is 0 Å². The standard InChI is InChI=1S/C21H25NO4/c1-3-25-19-11-4-5-12-20(19)26-15-21(23)22-13-7-10-18(22)16-8-6-9-17(14-16)24-2/h4-6,8-9,11-12,14,18H,3,7,10,13,15H2,1-2H3. The van der Waals surface area contributed by atoms with Gasteiger partial charge in [0.25, 0.3) is 5.91 Å². The Kier molecular flexibility index (Phi) is 6.00. The Hall–Kier alpha value is -2.69. The summed E-state index contributed by atoms with van der Waals surface area (Å²) in [5.74, 6) is 2.05. The molecule has 2 aromatic rings. The second-order valence-electron chi connectivity index (χ2n) is 6.19. The number of amides is 1. The maximum absolute atomic E-state index is 12.8. The number of hydrogen-bond donors (Lipinski definition) is 0. The monoisotopic (exact) mass is 355 g/mol. The summed E-state index contributed by atoms with van der Waals surface area (Å²) in [6, 6.07) is 15.4. The molecular formula is C21H25NO4. The average molecular weight is 355 g/mol. The van der Waals surface area contributed by atoms with Crippen molar-refractivity contribution in [1.82, 2.24) is 4.90 Å². The molecule has 0 radical (unpaired) electrons. The molecule has 5 heteroatoms. The summed E-state index contributed by atoms with van der Waals surface area (Å²) in [6.07, 6.45) is 1.94. The first-order valence-electron chi connectivity index (χ1n) is 9.01. The van der Waals surface area contributed by atoms with Crippen LogP contribution >= 0.6 is 0 Å². The summed E-state index contributed by atoms with van der Waals surface area (Å²) in [5, 5.41) is 0. The summed E-state index contributed by atoms with van der Waals surface area (Å²) in [5.41, 5.74) is 1.10. The molecule has 1 heterocycles. The molecule has 1 aliphatic rings. The van der Waals surface area contributed by atoms with Gasteiger partial charge >= 0.3 is 0 Å². The molecule has 1 fully saturated rings. The zero-order valence-corrected chi connectivity index (χ0v) is 15.3. The third-order valence-corrected chi connectivity index (χ3v) is 4.55. The molecule has 1 amide bonds. The van der Waals surface area contributed by atoms with E-state index in [1.807, 2.05) is 60.4 Å². The van der Waals surface area contributed by atoms with Crippen molar-refractivity contribution < 1.29 is 19.0 Å². The smallest absolute Gasteiger partial charge is 0.261 e. The van der Waals surface area contributed by atoms with Crippen LogP contribution in [0, 0.1) is 0 Å². The van der Waals surface area contributed by atoms with Gasteiger partial charge in [0.2, 0.25) is 0 Å². The number of hydrogen-bond acceptors (Lipinski definition) is 4. The second kappa shape index (κ2) is 8.61. The van der Waals surface area contributed by atoms with Gasteiger partial charge in [0.05, 0.1) is 19.8 Å². The number of ether oxygens (including phenoxy) is 3. The topological polar surface area (TPSA) is 48.0 Å². The number of methoxy groups -OCH3 is 1. The summed E-state index contributed by atoms with van der Waals surface area (Å²) in [7, 11) is 1.65. The zero-order chi connectivity index (χ0) is 18.4. The molecule has 1 unspecified atom stereocenters. The molecule has 138 valence electrons. The van der Waals surface area contributed by atoms with Crippen molar-refractivity contribution in [1.29, 1.82) is 0 Å². The molecule has 2 aromatic carbocycles. The van der Waals surface area contributed by atoms with Crippen LogP contribution in [0.4, 0.5) is 0 Å². The van der Waals surface area contributed by atoms with Crippen LogP contribution in [0.15, 0.2) is 48.5 Å². The lowest BCUT2D eigenvalue weighted by atomic mass is 10.0. The zero-order valence-electron chi connectivity index (χ0n) is 15.3. The molecule has 0 aliphatic carbocycles. The summed E-state index contributed by atoms with van der Waals surface area (Å²) in [6.45, 7) is 3.23. The average Bonchev–Trinajstić information content (AvgIpc) is 3.17. The predicted octanol–water partition coefficient (Wildman–Crippen LogP) is 3.84. The van der Waals surface area contributed by atoms with Crippen molar-refractivity contribution in [3.8, 4) is 17.2 Å². The van der Waals surface area contributed by atoms with Crippen LogP contribution in [0.2, 0.25) is 0 Å². The van der Waals surface area contributed by atoms with Gasteiger partial charge in [-0.25, -0.2) is 0 Å². The Labute approximate surface area is 154 Å². The highest BCUT2D eigenvalue weighted by atomic mass is 16.5. The number of rotatable bonds is 7. The second-order valence-corrected chi connectivity index (χ2v) is 6.19. The maximum atomic E-state index is 12.8. The van der Waals surface area contributed by atoms with Crippen molar-refractivity contribution in [2.24, 2.45) is 0 Å². The van der Waals surface area contributed by atoms with E-state index in [9.17, 15) is 4.79 Å². The molecule has 0 saturated carbocycles. The molecule has 0 aromatic heterocycles. The number of benzene rings is 2. The summed E-state index contributed by atoms with van der Waals surface area (Å²) < 4.78 is 16.6. The largest absolute Gasteiger partial charge is 0.497 e. The first kappa shape index (κ1) is 18.1. The summed E-state index contributed by atoms with van der Waals surface area (Å²) in [4.78, 5) is 14.7. The Bertz CT molecular complexity index is 746. The molecule has 1 atom stereocenters. The highest BCUT2D eigenvalue weighted by Crippen LogP contribution is 2.34. The molecule has 1 saturated heterocycles. The third kappa shape index (κ3) is 4.10. The Morgan fingerprint density at radius 2 is 1.88 bits per heavy atom. The van der Waals surface area contributed by atoms with Crippen LogP contribution in [0.5, 0.6) is 17.2 Å². The first-order chi connectivity index (χ1) is 12.7. The van der Waals surface area contributed by atoms with Crippen LogP contribution in [0.3, 0.4) is 0 Å². The lowest BCUT2D eigenvalue weighted by Gasteiger charge is -2.25. The molecule has 3 rings (SSSR count). The quantitative estimate of drug-likeness (QED) is 0.757. The third-order valence-electron chi connectivity index (χ3n) is 4.55. The number of nitrogens with zero attached hydrogens (tertiary/aromatic N) is 1. The van der Waals surface area contributed by atoms with E-state index >= 15 is 0 Å². The van der Waals surface area contributed by atoms with E-state index in [0.717, 1.165) is 30.7 Å². The van der Waals surface area contributed by atoms with Crippen molar-refractivity contribution >= 4 is 5.91 Å². The Balaban J connectivity index is 1.67. The Morgan fingerprint density at radius 1 is 1.12 bits per heavy atom. The molecule has 0 bridgehead atoms. The minimum Gasteiger partial charge on any atom is -0.497 e. The minimum absolute atomic E-state index is 0.00452.